The van der Waals surface area contributed by atoms with Gasteiger partial charge in [-0.05, 0) is 53.7 Å². The molecule has 3 amide bonds. The van der Waals surface area contributed by atoms with Gasteiger partial charge in [-0.2, -0.15) is 4.37 Å². The molecule has 1 atom stereocenters. The van der Waals surface area contributed by atoms with Crippen LogP contribution in [0.3, 0.4) is 0 Å². The number of nitrogens with one attached hydrogen (secondary N) is 1. The molecule has 214 valence electrons. The Morgan fingerprint density at radius 1 is 1.00 bits per heavy atom. The highest BCUT2D eigenvalue weighted by molar-refractivity contribution is 7.09. The summed E-state index contributed by atoms with van der Waals surface area (Å²) in [4.78, 5) is 43.2. The molecule has 0 spiro atoms. The van der Waals surface area contributed by atoms with Gasteiger partial charge in [-0.15, -0.1) is 0 Å². The molecule has 2 aromatic carbocycles. The number of benzene rings is 2. The summed E-state index contributed by atoms with van der Waals surface area (Å²) in [5, 5.41) is 2.98. The quantitative estimate of drug-likeness (QED) is 0.300. The van der Waals surface area contributed by atoms with Crippen LogP contribution in [-0.4, -0.2) is 57.0 Å². The zero-order valence-corrected chi connectivity index (χ0v) is 24.4. The molecule has 3 aromatic rings. The number of nitrogens with zero attached hydrogens (tertiary/aromatic N) is 3. The summed E-state index contributed by atoms with van der Waals surface area (Å²) in [6.07, 6.45) is 0.756. The molecule has 0 aliphatic carbocycles. The molecule has 0 aliphatic rings. The monoisotopic (exact) mass is 568 g/mol. The zero-order chi connectivity index (χ0) is 29.6. The molecule has 0 unspecified atom stereocenters. The van der Waals surface area contributed by atoms with Crippen molar-refractivity contribution in [1.29, 1.82) is 0 Å². The highest BCUT2D eigenvalue weighted by Crippen LogP contribution is 2.38. The summed E-state index contributed by atoms with van der Waals surface area (Å²) >= 11 is 0.744. The molecule has 12 heteroatoms. The van der Waals surface area contributed by atoms with Gasteiger partial charge in [0, 0.05) is 38.1 Å². The fourth-order valence-corrected chi connectivity index (χ4v) is 4.79. The smallest absolute Gasteiger partial charge is 0.273 e. The lowest BCUT2D eigenvalue weighted by Gasteiger charge is -2.32. The van der Waals surface area contributed by atoms with E-state index in [-0.39, 0.29) is 22.2 Å². The third-order valence-corrected chi connectivity index (χ3v) is 7.12. The first kappa shape index (κ1) is 30.2. The Kier molecular flexibility index (Phi) is 9.94. The Balaban J connectivity index is 2.23. The first-order chi connectivity index (χ1) is 19.0. The number of ether oxygens (including phenoxy) is 2. The molecule has 11 nitrogen and oxygen atoms in total. The number of hydrogen-bond acceptors (Lipinski definition) is 9. The number of rotatable bonds is 12. The molecule has 0 radical (unpaired) electrons. The third-order valence-electron chi connectivity index (χ3n) is 6.27. The first-order valence-corrected chi connectivity index (χ1v) is 13.4. The normalized spacial score (nSPS) is 11.6. The van der Waals surface area contributed by atoms with Crippen molar-refractivity contribution in [2.24, 2.45) is 11.7 Å². The molecule has 40 heavy (non-hydrogen) atoms. The minimum Gasteiger partial charge on any atom is -0.493 e. The number of primary amides is 1. The molecule has 0 saturated heterocycles. The van der Waals surface area contributed by atoms with Gasteiger partial charge in [0.25, 0.3) is 11.8 Å². The maximum Gasteiger partial charge on any atom is 0.273 e. The van der Waals surface area contributed by atoms with Crippen LogP contribution in [0.15, 0.2) is 42.5 Å². The second-order valence-electron chi connectivity index (χ2n) is 9.71. The Labute approximate surface area is 238 Å². The van der Waals surface area contributed by atoms with Crippen LogP contribution in [-0.2, 0) is 4.79 Å². The van der Waals surface area contributed by atoms with E-state index in [9.17, 15) is 14.4 Å². The lowest BCUT2D eigenvalue weighted by atomic mass is 10.0. The Bertz CT molecular complexity index is 1360. The number of anilines is 3. The molecule has 0 saturated carbocycles. The Hall–Kier alpha value is -4.32. The van der Waals surface area contributed by atoms with Crippen LogP contribution in [0.1, 0.15) is 52.0 Å². The van der Waals surface area contributed by atoms with Gasteiger partial charge in [0.15, 0.2) is 17.2 Å². The molecule has 1 heterocycles. The van der Waals surface area contributed by atoms with Gasteiger partial charge in [0.1, 0.15) is 10.9 Å². The van der Waals surface area contributed by atoms with Crippen LogP contribution < -0.4 is 36.1 Å². The second-order valence-corrected chi connectivity index (χ2v) is 10.5. The van der Waals surface area contributed by atoms with Crippen molar-refractivity contribution in [3.8, 4) is 11.5 Å². The van der Waals surface area contributed by atoms with Crippen molar-refractivity contribution < 1.29 is 23.9 Å². The molecule has 0 aliphatic heterocycles. The number of nitrogens with two attached hydrogens (primary N) is 2. The highest BCUT2D eigenvalue weighted by atomic mass is 32.1. The van der Waals surface area contributed by atoms with Crippen LogP contribution in [0.25, 0.3) is 0 Å². The summed E-state index contributed by atoms with van der Waals surface area (Å²) in [6.45, 7) is 4.54. The number of hydrogen-bond donors (Lipinski definition) is 3. The Morgan fingerprint density at radius 3 is 2.15 bits per heavy atom. The van der Waals surface area contributed by atoms with Crippen LogP contribution in [0.5, 0.6) is 11.5 Å². The van der Waals surface area contributed by atoms with Crippen molar-refractivity contribution in [2.45, 2.75) is 26.3 Å². The minimum absolute atomic E-state index is 0.0199. The molecule has 3 rings (SSSR count). The predicted octanol–water partition coefficient (Wildman–Crippen LogP) is 3.46. The highest BCUT2D eigenvalue weighted by Gasteiger charge is 2.36. The van der Waals surface area contributed by atoms with E-state index in [1.807, 2.05) is 31.1 Å². The summed E-state index contributed by atoms with van der Waals surface area (Å²) in [7, 11) is 6.80. The van der Waals surface area contributed by atoms with E-state index < -0.39 is 17.9 Å². The van der Waals surface area contributed by atoms with E-state index >= 15 is 0 Å². The van der Waals surface area contributed by atoms with Crippen LogP contribution in [0, 0.1) is 5.92 Å². The molecule has 0 bridgehead atoms. The number of nitrogen functional groups attached to an aromatic ring is 1. The summed E-state index contributed by atoms with van der Waals surface area (Å²) in [5.41, 5.74) is 13.0. The lowest BCUT2D eigenvalue weighted by molar-refractivity contribution is -0.122. The minimum atomic E-state index is -1.10. The average Bonchev–Trinajstić information content (AvgIpc) is 3.32. The van der Waals surface area contributed by atoms with Gasteiger partial charge in [0.2, 0.25) is 5.91 Å². The molecular weight excluding hydrogens is 532 g/mol. The van der Waals surface area contributed by atoms with Crippen molar-refractivity contribution >= 4 is 46.3 Å². The van der Waals surface area contributed by atoms with Gasteiger partial charge >= 0.3 is 0 Å². The SMILES string of the molecule is COc1ccc(N(C(=O)c2snc(C(N)=O)c2N)[C@H](C(=O)NCCC(C)C)c2ccc(N(C)C)cc2)cc1OC. The van der Waals surface area contributed by atoms with Gasteiger partial charge < -0.3 is 31.2 Å². The van der Waals surface area contributed by atoms with Gasteiger partial charge in [-0.1, -0.05) is 26.0 Å². The zero-order valence-electron chi connectivity index (χ0n) is 23.6. The average molecular weight is 569 g/mol. The van der Waals surface area contributed by atoms with Gasteiger partial charge in [0.05, 0.1) is 19.9 Å². The van der Waals surface area contributed by atoms with E-state index in [1.165, 1.54) is 19.1 Å². The maximum absolute atomic E-state index is 14.2. The van der Waals surface area contributed by atoms with Crippen molar-refractivity contribution in [2.75, 3.05) is 50.4 Å². The summed E-state index contributed by atoms with van der Waals surface area (Å²) in [6, 6.07) is 11.1. The molecule has 1 aromatic heterocycles. The van der Waals surface area contributed by atoms with Crippen LogP contribution >= 0.6 is 11.5 Å². The Morgan fingerprint density at radius 2 is 1.62 bits per heavy atom. The summed E-state index contributed by atoms with van der Waals surface area (Å²) in [5.74, 6) is -0.705. The standard InChI is InChI=1S/C28H36N6O5S/c1-16(2)13-14-31-27(36)24(17-7-9-18(10-8-17)33(3)4)34(19-11-12-20(38-5)21(15-19)39-6)28(37)25-22(29)23(26(30)35)32-40-25/h7-12,15-16,24H,13-14,29H2,1-6H3,(H2,30,35)(H,31,36)/t24-/m0/s1. The van der Waals surface area contributed by atoms with E-state index in [1.54, 1.807) is 30.3 Å². The van der Waals surface area contributed by atoms with Gasteiger partial charge in [-0.25, -0.2) is 0 Å². The molecule has 5 N–H and O–H groups in total. The molecule has 0 fully saturated rings. The predicted molar refractivity (Wildman–Crippen MR) is 157 cm³/mol. The van der Waals surface area contributed by atoms with E-state index in [0.717, 1.165) is 23.6 Å². The number of methoxy groups -OCH3 is 2. The van der Waals surface area contributed by atoms with Crippen molar-refractivity contribution in [3.05, 3.63) is 58.6 Å². The summed E-state index contributed by atoms with van der Waals surface area (Å²) < 4.78 is 14.9. The second kappa shape index (κ2) is 13.2. The number of aromatic nitrogens is 1. The van der Waals surface area contributed by atoms with Crippen molar-refractivity contribution in [3.63, 3.8) is 0 Å². The molecular formula is C28H36N6O5S. The number of carbonyl (C=O) groups excluding carboxylic acids is 3. The van der Waals surface area contributed by atoms with E-state index in [0.29, 0.717) is 35.2 Å². The maximum atomic E-state index is 14.2. The topological polar surface area (TPSA) is 153 Å². The number of carbonyl (C=O) groups is 3. The van der Waals surface area contributed by atoms with E-state index in [2.05, 4.69) is 23.5 Å². The number of amides is 3. The first-order valence-electron chi connectivity index (χ1n) is 12.7. The van der Waals surface area contributed by atoms with E-state index in [4.69, 9.17) is 20.9 Å². The largest absolute Gasteiger partial charge is 0.493 e. The fraction of sp³-hybridized carbons (Fsp3) is 0.357. The van der Waals surface area contributed by atoms with Crippen LogP contribution in [0.2, 0.25) is 0 Å². The third kappa shape index (κ3) is 6.63. The van der Waals surface area contributed by atoms with Crippen molar-refractivity contribution in [1.82, 2.24) is 9.69 Å². The fourth-order valence-electron chi connectivity index (χ4n) is 4.05. The lowest BCUT2D eigenvalue weighted by Crippen LogP contribution is -2.44. The van der Waals surface area contributed by atoms with Gasteiger partial charge in [-0.3, -0.25) is 19.3 Å². The van der Waals surface area contributed by atoms with Crippen LogP contribution in [0.4, 0.5) is 17.1 Å².